The fraction of sp³-hybridized carbons (Fsp3) is 0.240. The quantitative estimate of drug-likeness (QED) is 0.468. The van der Waals surface area contributed by atoms with E-state index in [0.717, 1.165) is 21.6 Å². The van der Waals surface area contributed by atoms with E-state index in [4.69, 9.17) is 9.47 Å². The number of fused-ring (bicyclic) bond motifs is 1. The Morgan fingerprint density at radius 2 is 1.85 bits per heavy atom. The summed E-state index contributed by atoms with van der Waals surface area (Å²) >= 11 is 1.39. The number of nitrogens with one attached hydrogen (secondary N) is 1. The number of rotatable bonds is 5. The molecular formula is C25H24N4O4S. The first-order chi connectivity index (χ1) is 16.5. The molecule has 5 rings (SSSR count). The summed E-state index contributed by atoms with van der Waals surface area (Å²) in [5.41, 5.74) is 2.82. The SMILES string of the molecule is COc1cc(NC(=O)c2cc3c(C)nn(-c4ccccc4)c3s2)ccc1C(=O)N1CCOCC1. The number of aryl methyl sites for hydroxylation is 1. The van der Waals surface area contributed by atoms with Crippen LogP contribution in [0.4, 0.5) is 5.69 Å². The number of para-hydroxylation sites is 1. The van der Waals surface area contributed by atoms with Crippen molar-refractivity contribution in [2.75, 3.05) is 38.7 Å². The van der Waals surface area contributed by atoms with Crippen LogP contribution in [0.5, 0.6) is 5.75 Å². The Balaban J connectivity index is 1.38. The summed E-state index contributed by atoms with van der Waals surface area (Å²) in [5, 5.41) is 8.50. The fourth-order valence-corrected chi connectivity index (χ4v) is 5.06. The lowest BCUT2D eigenvalue weighted by Gasteiger charge is -2.27. The highest BCUT2D eigenvalue weighted by Gasteiger charge is 2.23. The molecule has 2 amide bonds. The Labute approximate surface area is 200 Å². The minimum Gasteiger partial charge on any atom is -0.496 e. The third-order valence-corrected chi connectivity index (χ3v) is 6.87. The van der Waals surface area contributed by atoms with Gasteiger partial charge in [-0.25, -0.2) is 4.68 Å². The number of morpholine rings is 1. The van der Waals surface area contributed by atoms with Gasteiger partial charge in [-0.1, -0.05) is 18.2 Å². The third-order valence-electron chi connectivity index (χ3n) is 5.76. The standard InChI is InChI=1S/C25H24N4O4S/c1-16-20-15-22(34-25(20)29(27-16)18-6-4-3-5-7-18)23(30)26-17-8-9-19(21(14-17)32-2)24(31)28-10-12-33-13-11-28/h3-9,14-15H,10-13H2,1-2H3,(H,26,30). The van der Waals surface area contributed by atoms with Crippen LogP contribution in [0.1, 0.15) is 25.7 Å². The van der Waals surface area contributed by atoms with Gasteiger partial charge in [0.15, 0.2) is 0 Å². The molecular weight excluding hydrogens is 452 g/mol. The third kappa shape index (κ3) is 4.15. The largest absolute Gasteiger partial charge is 0.496 e. The van der Waals surface area contributed by atoms with Crippen molar-refractivity contribution in [1.29, 1.82) is 0 Å². The molecule has 8 nitrogen and oxygen atoms in total. The van der Waals surface area contributed by atoms with Gasteiger partial charge in [-0.15, -0.1) is 11.3 Å². The monoisotopic (exact) mass is 476 g/mol. The number of nitrogens with zero attached hydrogens (tertiary/aromatic N) is 3. The van der Waals surface area contributed by atoms with Gasteiger partial charge in [0.2, 0.25) is 0 Å². The maximum absolute atomic E-state index is 13.0. The average molecular weight is 477 g/mol. The summed E-state index contributed by atoms with van der Waals surface area (Å²) < 4.78 is 12.7. The van der Waals surface area contributed by atoms with Gasteiger partial charge in [0.25, 0.3) is 11.8 Å². The number of thiophene rings is 1. The molecule has 1 aliphatic rings. The van der Waals surface area contributed by atoms with Crippen LogP contribution in [0.2, 0.25) is 0 Å². The van der Waals surface area contributed by atoms with Gasteiger partial charge in [-0.2, -0.15) is 5.10 Å². The van der Waals surface area contributed by atoms with Crippen LogP contribution in [0, 0.1) is 6.92 Å². The Morgan fingerprint density at radius 1 is 1.09 bits per heavy atom. The minimum absolute atomic E-state index is 0.108. The molecule has 2 aromatic heterocycles. The highest BCUT2D eigenvalue weighted by atomic mass is 32.1. The second kappa shape index (κ2) is 9.28. The van der Waals surface area contributed by atoms with Crippen LogP contribution in [0.3, 0.4) is 0 Å². The van der Waals surface area contributed by atoms with Gasteiger partial charge in [-0.3, -0.25) is 9.59 Å². The second-order valence-electron chi connectivity index (χ2n) is 7.94. The summed E-state index contributed by atoms with van der Waals surface area (Å²) in [4.78, 5) is 29.2. The van der Waals surface area contributed by atoms with E-state index < -0.39 is 0 Å². The summed E-state index contributed by atoms with van der Waals surface area (Å²) in [6, 6.07) is 16.8. The fourth-order valence-electron chi connectivity index (χ4n) is 3.98. The molecule has 34 heavy (non-hydrogen) atoms. The molecule has 1 N–H and O–H groups in total. The van der Waals surface area contributed by atoms with Gasteiger partial charge in [0, 0.05) is 30.2 Å². The summed E-state index contributed by atoms with van der Waals surface area (Å²) in [6.07, 6.45) is 0. The number of carbonyl (C=O) groups is 2. The van der Waals surface area contributed by atoms with Crippen molar-refractivity contribution in [2.45, 2.75) is 6.92 Å². The molecule has 9 heteroatoms. The van der Waals surface area contributed by atoms with Crippen LogP contribution >= 0.6 is 11.3 Å². The first kappa shape index (κ1) is 22.1. The zero-order valence-electron chi connectivity index (χ0n) is 18.9. The molecule has 1 fully saturated rings. The van der Waals surface area contributed by atoms with Gasteiger partial charge in [0.1, 0.15) is 10.6 Å². The zero-order chi connectivity index (χ0) is 23.7. The molecule has 0 spiro atoms. The number of methoxy groups -OCH3 is 1. The highest BCUT2D eigenvalue weighted by molar-refractivity contribution is 7.20. The van der Waals surface area contributed by atoms with E-state index in [1.165, 1.54) is 18.4 Å². The number of amides is 2. The predicted octanol–water partition coefficient (Wildman–Crippen LogP) is 4.13. The lowest BCUT2D eigenvalue weighted by molar-refractivity contribution is 0.0301. The molecule has 0 radical (unpaired) electrons. The average Bonchev–Trinajstić information content (AvgIpc) is 3.45. The first-order valence-electron chi connectivity index (χ1n) is 11.0. The van der Waals surface area contributed by atoms with Crippen molar-refractivity contribution in [3.8, 4) is 11.4 Å². The molecule has 0 atom stereocenters. The Kier molecular flexibility index (Phi) is 6.04. The van der Waals surface area contributed by atoms with Crippen LogP contribution < -0.4 is 10.1 Å². The predicted molar refractivity (Wildman–Crippen MR) is 131 cm³/mol. The lowest BCUT2D eigenvalue weighted by atomic mass is 10.1. The van der Waals surface area contributed by atoms with Crippen molar-refractivity contribution < 1.29 is 19.1 Å². The van der Waals surface area contributed by atoms with Crippen LogP contribution in [0.25, 0.3) is 15.9 Å². The van der Waals surface area contributed by atoms with Gasteiger partial charge in [0.05, 0.1) is 42.1 Å². The molecule has 1 saturated heterocycles. The molecule has 1 aliphatic heterocycles. The normalized spacial score (nSPS) is 13.8. The van der Waals surface area contributed by atoms with E-state index in [-0.39, 0.29) is 11.8 Å². The summed E-state index contributed by atoms with van der Waals surface area (Å²) in [5.74, 6) is 0.0826. The molecule has 174 valence electrons. The maximum atomic E-state index is 13.0. The van der Waals surface area contributed by atoms with E-state index in [0.29, 0.717) is 48.2 Å². The molecule has 2 aromatic carbocycles. The first-order valence-corrected chi connectivity index (χ1v) is 11.8. The number of hydrogen-bond donors (Lipinski definition) is 1. The number of anilines is 1. The molecule has 4 aromatic rings. The van der Waals surface area contributed by atoms with Crippen molar-refractivity contribution in [1.82, 2.24) is 14.7 Å². The number of aromatic nitrogens is 2. The lowest BCUT2D eigenvalue weighted by Crippen LogP contribution is -2.40. The van der Waals surface area contributed by atoms with Crippen molar-refractivity contribution in [3.63, 3.8) is 0 Å². The Hall–Kier alpha value is -3.69. The van der Waals surface area contributed by atoms with Gasteiger partial charge >= 0.3 is 0 Å². The topological polar surface area (TPSA) is 85.7 Å². The molecule has 0 saturated carbocycles. The zero-order valence-corrected chi connectivity index (χ0v) is 19.7. The van der Waals surface area contributed by atoms with E-state index >= 15 is 0 Å². The highest BCUT2D eigenvalue weighted by Crippen LogP contribution is 2.31. The molecule has 3 heterocycles. The van der Waals surface area contributed by atoms with Crippen LogP contribution in [0.15, 0.2) is 54.6 Å². The minimum atomic E-state index is -0.227. The van der Waals surface area contributed by atoms with Crippen molar-refractivity contribution >= 4 is 39.1 Å². The van der Waals surface area contributed by atoms with E-state index in [2.05, 4.69) is 10.4 Å². The van der Waals surface area contributed by atoms with E-state index in [1.54, 1.807) is 23.1 Å². The summed E-state index contributed by atoms with van der Waals surface area (Å²) in [7, 11) is 1.52. The van der Waals surface area contributed by atoms with Crippen molar-refractivity contribution in [2.24, 2.45) is 0 Å². The van der Waals surface area contributed by atoms with Gasteiger partial charge in [-0.05, 0) is 37.3 Å². The molecule has 0 aliphatic carbocycles. The van der Waals surface area contributed by atoms with Crippen molar-refractivity contribution in [3.05, 3.63) is 70.7 Å². The Bertz CT molecular complexity index is 1360. The van der Waals surface area contributed by atoms with Crippen LogP contribution in [-0.4, -0.2) is 59.9 Å². The Morgan fingerprint density at radius 3 is 2.59 bits per heavy atom. The number of ether oxygens (including phenoxy) is 2. The van der Waals surface area contributed by atoms with Gasteiger partial charge < -0.3 is 19.7 Å². The maximum Gasteiger partial charge on any atom is 0.265 e. The number of carbonyl (C=O) groups excluding carboxylic acids is 2. The molecule has 0 unspecified atom stereocenters. The molecule has 0 bridgehead atoms. The smallest absolute Gasteiger partial charge is 0.265 e. The van der Waals surface area contributed by atoms with E-state index in [9.17, 15) is 9.59 Å². The number of hydrogen-bond acceptors (Lipinski definition) is 6. The summed E-state index contributed by atoms with van der Waals surface area (Å²) in [6.45, 7) is 4.08. The van der Waals surface area contributed by atoms with E-state index in [1.807, 2.05) is 48.0 Å². The van der Waals surface area contributed by atoms with Crippen LogP contribution in [-0.2, 0) is 4.74 Å². The second-order valence-corrected chi connectivity index (χ2v) is 8.97. The number of benzene rings is 2.